The molecule has 0 aromatic heterocycles. The summed E-state index contributed by atoms with van der Waals surface area (Å²) < 4.78 is 4.48. The molecular formula is C17H28N4O6S. The molecule has 28 heavy (non-hydrogen) atoms. The van der Waals surface area contributed by atoms with Crippen LogP contribution in [0.4, 0.5) is 0 Å². The van der Waals surface area contributed by atoms with Crippen molar-refractivity contribution in [3.63, 3.8) is 0 Å². The van der Waals surface area contributed by atoms with E-state index in [2.05, 4.69) is 22.7 Å². The Morgan fingerprint density at radius 3 is 2.46 bits per heavy atom. The van der Waals surface area contributed by atoms with Crippen molar-refractivity contribution in [1.29, 1.82) is 5.41 Å². The van der Waals surface area contributed by atoms with E-state index in [-0.39, 0.29) is 68.4 Å². The number of thiol groups is 1. The van der Waals surface area contributed by atoms with Gasteiger partial charge in [0.25, 0.3) is 6.47 Å². The van der Waals surface area contributed by atoms with Crippen LogP contribution < -0.4 is 11.1 Å². The summed E-state index contributed by atoms with van der Waals surface area (Å²) in [5.74, 6) is -1.88. The van der Waals surface area contributed by atoms with Crippen LogP contribution in [-0.4, -0.2) is 72.6 Å². The summed E-state index contributed by atoms with van der Waals surface area (Å²) in [4.78, 5) is 58.5. The molecule has 0 aliphatic rings. The average molecular weight is 417 g/mol. The number of carbonyl (C=O) groups is 5. The Kier molecular flexibility index (Phi) is 12.7. The third-order valence-electron chi connectivity index (χ3n) is 3.75. The Labute approximate surface area is 169 Å². The van der Waals surface area contributed by atoms with Crippen LogP contribution in [0.15, 0.2) is 0 Å². The predicted molar refractivity (Wildman–Crippen MR) is 105 cm³/mol. The Morgan fingerprint density at radius 2 is 1.93 bits per heavy atom. The molecule has 0 heterocycles. The molecule has 158 valence electrons. The number of Topliss-reactive ketones (excluding diaryl/α,β-unsaturated/α-hetero) is 3. The maximum absolute atomic E-state index is 12.2. The van der Waals surface area contributed by atoms with E-state index in [1.807, 2.05) is 0 Å². The molecule has 0 saturated carbocycles. The lowest BCUT2D eigenvalue weighted by molar-refractivity contribution is -0.134. The zero-order valence-corrected chi connectivity index (χ0v) is 17.0. The van der Waals surface area contributed by atoms with Gasteiger partial charge in [0.2, 0.25) is 5.91 Å². The molecular weight excluding hydrogens is 388 g/mol. The van der Waals surface area contributed by atoms with Crippen molar-refractivity contribution in [3.05, 3.63) is 0 Å². The van der Waals surface area contributed by atoms with Crippen LogP contribution in [0.3, 0.4) is 0 Å². The highest BCUT2D eigenvalue weighted by Gasteiger charge is 2.22. The second kappa shape index (κ2) is 13.8. The number of nitrogens with one attached hydrogen (secondary N) is 2. The number of amides is 1. The summed E-state index contributed by atoms with van der Waals surface area (Å²) in [7, 11) is 1.53. The van der Waals surface area contributed by atoms with Crippen LogP contribution >= 0.6 is 12.6 Å². The largest absolute Gasteiger partial charge is 0.449 e. The van der Waals surface area contributed by atoms with E-state index in [9.17, 15) is 24.0 Å². The minimum absolute atomic E-state index is 0.0238. The number of carbonyl (C=O) groups excluding carboxylic acids is 5. The van der Waals surface area contributed by atoms with E-state index < -0.39 is 23.8 Å². The first-order valence-corrected chi connectivity index (χ1v) is 9.28. The van der Waals surface area contributed by atoms with Gasteiger partial charge in [0.05, 0.1) is 25.4 Å². The third kappa shape index (κ3) is 11.4. The first kappa shape index (κ1) is 25.7. The second-order valence-electron chi connectivity index (χ2n) is 6.37. The molecule has 0 unspecified atom stereocenters. The smallest absolute Gasteiger partial charge is 0.294 e. The lowest BCUT2D eigenvalue weighted by Gasteiger charge is -2.18. The first-order chi connectivity index (χ1) is 13.1. The summed E-state index contributed by atoms with van der Waals surface area (Å²) >= 11 is 4.06. The van der Waals surface area contributed by atoms with Gasteiger partial charge in [0.1, 0.15) is 17.4 Å². The number of hydrogen-bond donors (Lipinski definition) is 4. The van der Waals surface area contributed by atoms with Gasteiger partial charge in [-0.05, 0) is 6.92 Å². The van der Waals surface area contributed by atoms with E-state index >= 15 is 0 Å². The minimum atomic E-state index is -0.876. The Bertz CT molecular complexity index is 598. The minimum Gasteiger partial charge on any atom is -0.449 e. The highest BCUT2D eigenvalue weighted by Crippen LogP contribution is 2.10. The molecule has 0 radical (unpaired) electrons. The lowest BCUT2D eigenvalue weighted by Crippen LogP contribution is -2.38. The van der Waals surface area contributed by atoms with E-state index in [4.69, 9.17) is 11.1 Å². The van der Waals surface area contributed by atoms with Crippen molar-refractivity contribution < 1.29 is 28.7 Å². The van der Waals surface area contributed by atoms with Crippen LogP contribution in [0, 0.1) is 11.3 Å². The SMILES string of the molecule is CC(=O)CN(C)C(=N)CC(=O)CNC(=O)[C@@H](CS)CC(=O)CC[C@@H](N)OC=O. The van der Waals surface area contributed by atoms with Gasteiger partial charge in [-0.25, -0.2) is 0 Å². The summed E-state index contributed by atoms with van der Waals surface area (Å²) in [6.07, 6.45) is -0.978. The van der Waals surface area contributed by atoms with Crippen molar-refractivity contribution in [2.24, 2.45) is 11.7 Å². The number of amidine groups is 1. The average Bonchev–Trinajstić information content (AvgIpc) is 2.62. The van der Waals surface area contributed by atoms with Gasteiger partial charge in [-0.2, -0.15) is 12.6 Å². The van der Waals surface area contributed by atoms with E-state index in [0.29, 0.717) is 0 Å². The van der Waals surface area contributed by atoms with Crippen LogP contribution in [0.2, 0.25) is 0 Å². The standard InChI is InChI=1S/C17H28N4O6S/c1-11(23)8-21(2)15(18)6-14(25)7-20-17(26)12(9-28)5-13(24)3-4-16(19)27-10-22/h10,12,16,18,28H,3-9,19H2,1-2H3,(H,20,26)/t12-,16+/m1/s1. The second-order valence-corrected chi connectivity index (χ2v) is 6.73. The number of ketones is 3. The van der Waals surface area contributed by atoms with Crippen LogP contribution in [0.1, 0.15) is 32.6 Å². The number of nitrogens with two attached hydrogens (primary N) is 1. The van der Waals surface area contributed by atoms with Crippen LogP contribution in [0.5, 0.6) is 0 Å². The molecule has 0 saturated heterocycles. The normalized spacial score (nSPS) is 12.4. The highest BCUT2D eigenvalue weighted by atomic mass is 32.1. The summed E-state index contributed by atoms with van der Waals surface area (Å²) in [5, 5.41) is 10.2. The van der Waals surface area contributed by atoms with E-state index in [1.165, 1.54) is 18.9 Å². The molecule has 0 spiro atoms. The Hall–Kier alpha value is -2.27. The van der Waals surface area contributed by atoms with Gasteiger partial charge >= 0.3 is 0 Å². The number of likely N-dealkylation sites (N-methyl/N-ethyl adjacent to an activating group) is 1. The van der Waals surface area contributed by atoms with Gasteiger partial charge in [-0.1, -0.05) is 0 Å². The zero-order chi connectivity index (χ0) is 21.7. The Balaban J connectivity index is 4.36. The molecule has 0 bridgehead atoms. The van der Waals surface area contributed by atoms with Crippen molar-refractivity contribution in [2.75, 3.05) is 25.9 Å². The summed E-state index contributed by atoms with van der Waals surface area (Å²) in [5.41, 5.74) is 5.45. The molecule has 0 aliphatic heterocycles. The molecule has 0 aliphatic carbocycles. The van der Waals surface area contributed by atoms with Crippen molar-refractivity contribution >= 4 is 48.2 Å². The molecule has 4 N–H and O–H groups in total. The molecule has 1 amide bonds. The maximum atomic E-state index is 12.2. The van der Waals surface area contributed by atoms with Gasteiger partial charge in [0, 0.05) is 32.1 Å². The third-order valence-corrected chi connectivity index (χ3v) is 4.19. The summed E-state index contributed by atoms with van der Waals surface area (Å²) in [6, 6.07) is 0. The first-order valence-electron chi connectivity index (χ1n) is 8.65. The van der Waals surface area contributed by atoms with Gasteiger partial charge in [0.15, 0.2) is 12.0 Å². The molecule has 0 aromatic rings. The quantitative estimate of drug-likeness (QED) is 0.0896. The fourth-order valence-electron chi connectivity index (χ4n) is 2.20. The fourth-order valence-corrected chi connectivity index (χ4v) is 2.50. The maximum Gasteiger partial charge on any atom is 0.294 e. The van der Waals surface area contributed by atoms with Gasteiger partial charge < -0.3 is 15.0 Å². The highest BCUT2D eigenvalue weighted by molar-refractivity contribution is 7.80. The number of rotatable bonds is 15. The van der Waals surface area contributed by atoms with E-state index in [1.54, 1.807) is 0 Å². The molecule has 2 atom stereocenters. The Morgan fingerprint density at radius 1 is 1.29 bits per heavy atom. The molecule has 0 fully saturated rings. The van der Waals surface area contributed by atoms with Crippen molar-refractivity contribution in [3.8, 4) is 0 Å². The van der Waals surface area contributed by atoms with Crippen LogP contribution in [-0.2, 0) is 28.7 Å². The molecule has 10 nitrogen and oxygen atoms in total. The zero-order valence-electron chi connectivity index (χ0n) is 16.1. The monoisotopic (exact) mass is 416 g/mol. The predicted octanol–water partition coefficient (Wildman–Crippen LogP) is -0.697. The molecule has 0 rings (SSSR count). The van der Waals surface area contributed by atoms with E-state index in [0.717, 1.165) is 0 Å². The topological polar surface area (TPSA) is 160 Å². The lowest BCUT2D eigenvalue weighted by atomic mass is 10.0. The number of nitrogens with zero attached hydrogens (tertiary/aromatic N) is 1. The van der Waals surface area contributed by atoms with Crippen molar-refractivity contribution in [1.82, 2.24) is 10.2 Å². The number of hydrogen-bond acceptors (Lipinski definition) is 9. The van der Waals surface area contributed by atoms with Crippen LogP contribution in [0.25, 0.3) is 0 Å². The molecule has 0 aromatic carbocycles. The van der Waals surface area contributed by atoms with Gasteiger partial charge in [-0.15, -0.1) is 0 Å². The molecule has 11 heteroatoms. The van der Waals surface area contributed by atoms with Gasteiger partial charge in [-0.3, -0.25) is 35.1 Å². The fraction of sp³-hybridized carbons (Fsp3) is 0.647. The number of ether oxygens (including phenoxy) is 1. The van der Waals surface area contributed by atoms with Crippen molar-refractivity contribution in [2.45, 2.75) is 38.8 Å². The summed E-state index contributed by atoms with van der Waals surface area (Å²) in [6.45, 7) is 1.33.